The molecule has 0 aromatic carbocycles. The van der Waals surface area contributed by atoms with Gasteiger partial charge in [0.2, 0.25) is 0 Å². The van der Waals surface area contributed by atoms with E-state index in [4.69, 9.17) is 11.3 Å². The number of halogens is 1. The van der Waals surface area contributed by atoms with Crippen molar-refractivity contribution in [3.8, 4) is 0 Å². The zero-order chi connectivity index (χ0) is 7.40. The maximum absolute atomic E-state index is 8.14. The molecule has 1 rings (SSSR count). The van der Waals surface area contributed by atoms with Crippen LogP contribution in [0.5, 0.6) is 0 Å². The summed E-state index contributed by atoms with van der Waals surface area (Å²) >= 11 is 0. The van der Waals surface area contributed by atoms with Crippen LogP contribution in [-0.2, 0) is 0 Å². The third kappa shape index (κ3) is 2.97. The van der Waals surface area contributed by atoms with Gasteiger partial charge in [-0.1, -0.05) is 18.0 Å². The third-order valence-electron chi connectivity index (χ3n) is 1.98. The highest BCUT2D eigenvalue weighted by atomic mass is 35.5. The Labute approximate surface area is 72.2 Å². The van der Waals surface area contributed by atoms with Gasteiger partial charge in [-0.15, -0.1) is 12.4 Å². The zero-order valence-electron chi connectivity index (χ0n) is 6.31. The van der Waals surface area contributed by atoms with E-state index in [1.165, 1.54) is 6.42 Å². The van der Waals surface area contributed by atoms with Gasteiger partial charge in [-0.05, 0) is 18.4 Å². The van der Waals surface area contributed by atoms with Crippen molar-refractivity contribution in [2.24, 2.45) is 10.8 Å². The Morgan fingerprint density at radius 2 is 2.00 bits per heavy atom. The van der Waals surface area contributed by atoms with Crippen molar-refractivity contribution < 1.29 is 0 Å². The molecule has 0 spiro atoms. The first-order valence-corrected chi connectivity index (χ1v) is 3.64. The maximum atomic E-state index is 8.14. The lowest BCUT2D eigenvalue weighted by Gasteiger charge is -2.23. The predicted octanol–water partition coefficient (Wildman–Crippen LogP) is 1.99. The summed E-state index contributed by atoms with van der Waals surface area (Å²) in [6.45, 7) is 0. The molecule has 1 aliphatic rings. The second kappa shape index (κ2) is 5.24. The van der Waals surface area contributed by atoms with Crippen LogP contribution in [0.1, 0.15) is 25.7 Å². The molecule has 0 aliphatic heterocycles. The highest BCUT2D eigenvalue weighted by Crippen LogP contribution is 2.19. The molecule has 2 N–H and O–H groups in total. The quantitative estimate of drug-likeness (QED) is 0.370. The normalized spacial score (nSPS) is 29.9. The molecule has 0 saturated heterocycles. The Kier molecular flexibility index (Phi) is 5.03. The van der Waals surface area contributed by atoms with Crippen LogP contribution in [-0.4, -0.2) is 12.1 Å². The number of nitrogens with two attached hydrogens (primary N) is 1. The number of rotatable bonds is 1. The summed E-state index contributed by atoms with van der Waals surface area (Å²) in [7, 11) is 0. The summed E-state index contributed by atoms with van der Waals surface area (Å²) in [6.07, 6.45) is 4.30. The third-order valence-corrected chi connectivity index (χ3v) is 1.98. The summed E-state index contributed by atoms with van der Waals surface area (Å²) < 4.78 is 0. The van der Waals surface area contributed by atoms with Crippen molar-refractivity contribution in [3.05, 3.63) is 10.4 Å². The molecule has 1 fully saturated rings. The van der Waals surface area contributed by atoms with Crippen LogP contribution >= 0.6 is 12.4 Å². The van der Waals surface area contributed by atoms with E-state index in [1.54, 1.807) is 0 Å². The molecule has 0 heterocycles. The van der Waals surface area contributed by atoms with E-state index in [9.17, 15) is 0 Å². The van der Waals surface area contributed by atoms with Crippen molar-refractivity contribution in [3.63, 3.8) is 0 Å². The number of hydrogen-bond donors (Lipinski definition) is 1. The van der Waals surface area contributed by atoms with E-state index in [0.29, 0.717) is 0 Å². The Balaban J connectivity index is 0.000001000. The van der Waals surface area contributed by atoms with Gasteiger partial charge in [-0.3, -0.25) is 0 Å². The van der Waals surface area contributed by atoms with E-state index in [1.807, 2.05) is 0 Å². The van der Waals surface area contributed by atoms with Crippen LogP contribution in [0, 0.1) is 0 Å². The molecule has 1 saturated carbocycles. The largest absolute Gasteiger partial charge is 0.327 e. The molecule has 5 heteroatoms. The summed E-state index contributed by atoms with van der Waals surface area (Å²) in [5, 5.41) is 3.62. The summed E-state index contributed by atoms with van der Waals surface area (Å²) in [6, 6.07) is 0.156. The maximum Gasteiger partial charge on any atom is 0.0525 e. The van der Waals surface area contributed by atoms with Crippen LogP contribution in [0.3, 0.4) is 0 Å². The Hall–Kier alpha value is -0.440. The van der Waals surface area contributed by atoms with Gasteiger partial charge in [0.1, 0.15) is 0 Å². The van der Waals surface area contributed by atoms with E-state index in [-0.39, 0.29) is 24.5 Å². The van der Waals surface area contributed by atoms with Gasteiger partial charge in [0.05, 0.1) is 6.04 Å². The van der Waals surface area contributed by atoms with Gasteiger partial charge in [-0.2, -0.15) is 0 Å². The molecule has 0 aromatic rings. The first-order valence-electron chi connectivity index (χ1n) is 3.64. The SMILES string of the molecule is Cl.[N-]=[N+]=N[C@@H]1CCCC[C@@H]1N. The minimum Gasteiger partial charge on any atom is -0.327 e. The minimum absolute atomic E-state index is 0. The fourth-order valence-electron chi connectivity index (χ4n) is 1.35. The van der Waals surface area contributed by atoms with Gasteiger partial charge in [0, 0.05) is 11.0 Å². The molecule has 11 heavy (non-hydrogen) atoms. The second-order valence-electron chi connectivity index (χ2n) is 2.72. The Morgan fingerprint density at radius 1 is 1.36 bits per heavy atom. The van der Waals surface area contributed by atoms with Crippen molar-refractivity contribution in [1.82, 2.24) is 0 Å². The fraction of sp³-hybridized carbons (Fsp3) is 1.00. The topological polar surface area (TPSA) is 74.8 Å². The highest BCUT2D eigenvalue weighted by Gasteiger charge is 2.19. The van der Waals surface area contributed by atoms with Crippen molar-refractivity contribution in [2.45, 2.75) is 37.8 Å². The Morgan fingerprint density at radius 3 is 2.55 bits per heavy atom. The van der Waals surface area contributed by atoms with Gasteiger partial charge >= 0.3 is 0 Å². The predicted molar refractivity (Wildman–Crippen MR) is 46.6 cm³/mol. The molecule has 2 atom stereocenters. The van der Waals surface area contributed by atoms with Gasteiger partial charge < -0.3 is 5.73 Å². The van der Waals surface area contributed by atoms with Gasteiger partial charge in [0.15, 0.2) is 0 Å². The highest BCUT2D eigenvalue weighted by molar-refractivity contribution is 5.85. The van der Waals surface area contributed by atoms with E-state index in [0.717, 1.165) is 19.3 Å². The van der Waals surface area contributed by atoms with E-state index < -0.39 is 0 Å². The van der Waals surface area contributed by atoms with Crippen molar-refractivity contribution in [2.75, 3.05) is 0 Å². The molecular formula is C6H13ClN4. The zero-order valence-corrected chi connectivity index (χ0v) is 7.13. The van der Waals surface area contributed by atoms with Gasteiger partial charge in [0.25, 0.3) is 0 Å². The lowest BCUT2D eigenvalue weighted by Crippen LogP contribution is -2.35. The number of hydrogen-bond acceptors (Lipinski definition) is 2. The van der Waals surface area contributed by atoms with Crippen LogP contribution in [0.4, 0.5) is 0 Å². The monoisotopic (exact) mass is 176 g/mol. The van der Waals surface area contributed by atoms with Crippen LogP contribution < -0.4 is 5.73 Å². The second-order valence-corrected chi connectivity index (χ2v) is 2.72. The lowest BCUT2D eigenvalue weighted by molar-refractivity contribution is 0.384. The number of nitrogens with zero attached hydrogens (tertiary/aromatic N) is 3. The summed E-state index contributed by atoms with van der Waals surface area (Å²) in [5.41, 5.74) is 13.8. The molecular weight excluding hydrogens is 164 g/mol. The lowest BCUT2D eigenvalue weighted by atomic mass is 9.92. The van der Waals surface area contributed by atoms with E-state index >= 15 is 0 Å². The van der Waals surface area contributed by atoms with Crippen molar-refractivity contribution >= 4 is 12.4 Å². The van der Waals surface area contributed by atoms with Crippen LogP contribution in [0.25, 0.3) is 10.4 Å². The molecule has 4 nitrogen and oxygen atoms in total. The first kappa shape index (κ1) is 10.6. The number of azide groups is 1. The van der Waals surface area contributed by atoms with Gasteiger partial charge in [-0.25, -0.2) is 0 Å². The molecule has 0 amide bonds. The molecule has 0 bridgehead atoms. The van der Waals surface area contributed by atoms with Crippen LogP contribution in [0.15, 0.2) is 5.11 Å². The first-order chi connectivity index (χ1) is 4.84. The molecule has 64 valence electrons. The molecule has 0 aromatic heterocycles. The molecule has 1 aliphatic carbocycles. The summed E-state index contributed by atoms with van der Waals surface area (Å²) in [5.74, 6) is 0. The van der Waals surface area contributed by atoms with Crippen LogP contribution in [0.2, 0.25) is 0 Å². The average molecular weight is 177 g/mol. The summed E-state index contributed by atoms with van der Waals surface area (Å²) in [4.78, 5) is 2.75. The average Bonchev–Trinajstić information content (AvgIpc) is 1.94. The smallest absolute Gasteiger partial charge is 0.0525 e. The minimum atomic E-state index is 0. The van der Waals surface area contributed by atoms with E-state index in [2.05, 4.69) is 10.0 Å². The standard InChI is InChI=1S/C6H12N4.ClH/c7-5-3-1-2-4-6(5)9-10-8;/h5-6H,1-4,7H2;1H/t5-,6+;/m0./s1. The molecule has 0 unspecified atom stereocenters. The fourth-order valence-corrected chi connectivity index (χ4v) is 1.35. The van der Waals surface area contributed by atoms with Crippen molar-refractivity contribution in [1.29, 1.82) is 0 Å². The Bertz CT molecular complexity index is 155. The molecule has 0 radical (unpaired) electrons.